The Kier molecular flexibility index (Phi) is 9.08. The first-order valence-electron chi connectivity index (χ1n) is 11.4. The molecule has 0 bridgehead atoms. The lowest BCUT2D eigenvalue weighted by Gasteiger charge is -2.37. The molecule has 0 aliphatic carbocycles. The average Bonchev–Trinajstić information content (AvgIpc) is 3.19. The summed E-state index contributed by atoms with van der Waals surface area (Å²) in [4.78, 5) is 26.2. The van der Waals surface area contributed by atoms with Gasteiger partial charge in [-0.15, -0.1) is 0 Å². The van der Waals surface area contributed by atoms with Gasteiger partial charge in [-0.2, -0.15) is 0 Å². The van der Waals surface area contributed by atoms with Crippen LogP contribution in [0.15, 0.2) is 30.5 Å². The Balaban J connectivity index is 1.36. The minimum Gasteiger partial charge on any atom is -0.481 e. The second kappa shape index (κ2) is 12.0. The normalized spacial score (nSPS) is 23.3. The zero-order chi connectivity index (χ0) is 22.9. The topological polar surface area (TPSA) is 118 Å². The fourth-order valence-corrected chi connectivity index (χ4v) is 3.95. The number of ether oxygens (including phenoxy) is 3. The number of aromatic nitrogens is 1. The minimum absolute atomic E-state index is 0.232. The Morgan fingerprint density at radius 3 is 2.62 bits per heavy atom. The lowest BCUT2D eigenvalue weighted by Crippen LogP contribution is -2.48. The number of aliphatic carboxylic acids is 1. The van der Waals surface area contributed by atoms with E-state index in [1.165, 1.54) is 0 Å². The van der Waals surface area contributed by atoms with Gasteiger partial charge in [0.1, 0.15) is 12.2 Å². The molecule has 1 saturated heterocycles. The van der Waals surface area contributed by atoms with Crippen LogP contribution in [0.25, 0.3) is 10.9 Å². The highest BCUT2D eigenvalue weighted by atomic mass is 16.7. The second-order valence-corrected chi connectivity index (χ2v) is 8.34. The number of benzene rings is 1. The van der Waals surface area contributed by atoms with E-state index in [2.05, 4.69) is 4.98 Å². The number of aliphatic hydroxyl groups is 1. The quantitative estimate of drug-likeness (QED) is 0.332. The summed E-state index contributed by atoms with van der Waals surface area (Å²) in [6, 6.07) is 7.51. The summed E-state index contributed by atoms with van der Waals surface area (Å²) >= 11 is 0. The van der Waals surface area contributed by atoms with E-state index in [0.29, 0.717) is 12.2 Å². The summed E-state index contributed by atoms with van der Waals surface area (Å²) in [5.41, 5.74) is 1.32. The third kappa shape index (κ3) is 6.79. The Bertz CT molecular complexity index is 880. The molecule has 1 aliphatic rings. The standard InChI is InChI=1S/C24H33NO7/c1-16-21(32-23(29)18-15-25-19-11-8-7-10-17(18)19)14-20(26)24(31-16)30-13-9-5-3-2-4-6-12-22(27)28/h7-8,10-11,15-16,20-21,24-26H,2-6,9,12-14H2,1H3,(H,27,28)/t16?,20?,21-,24-/m1/s1. The van der Waals surface area contributed by atoms with Gasteiger partial charge in [-0.1, -0.05) is 43.9 Å². The molecule has 0 saturated carbocycles. The molecule has 0 radical (unpaired) electrons. The van der Waals surface area contributed by atoms with Crippen LogP contribution in [0.1, 0.15) is 68.6 Å². The Hall–Kier alpha value is -2.42. The molecule has 176 valence electrons. The maximum Gasteiger partial charge on any atom is 0.340 e. The van der Waals surface area contributed by atoms with Crippen LogP contribution in [-0.4, -0.2) is 58.3 Å². The summed E-state index contributed by atoms with van der Waals surface area (Å²) in [5.74, 6) is -1.19. The van der Waals surface area contributed by atoms with Crippen molar-refractivity contribution in [1.29, 1.82) is 0 Å². The van der Waals surface area contributed by atoms with Crippen molar-refractivity contribution in [2.24, 2.45) is 0 Å². The van der Waals surface area contributed by atoms with Crippen LogP contribution < -0.4 is 0 Å². The number of para-hydroxylation sites is 1. The van der Waals surface area contributed by atoms with E-state index in [0.717, 1.165) is 49.4 Å². The number of carboxylic acid groups (broad SMARTS) is 1. The van der Waals surface area contributed by atoms with Gasteiger partial charge in [-0.3, -0.25) is 4.79 Å². The number of H-pyrrole nitrogens is 1. The van der Waals surface area contributed by atoms with E-state index in [-0.39, 0.29) is 12.8 Å². The molecule has 3 rings (SSSR count). The van der Waals surface area contributed by atoms with Crippen molar-refractivity contribution in [3.05, 3.63) is 36.0 Å². The number of hydrogen-bond donors (Lipinski definition) is 3. The smallest absolute Gasteiger partial charge is 0.340 e. The predicted molar refractivity (Wildman–Crippen MR) is 118 cm³/mol. The molecule has 8 nitrogen and oxygen atoms in total. The molecule has 1 aromatic carbocycles. The number of nitrogens with one attached hydrogen (secondary N) is 1. The predicted octanol–water partition coefficient (Wildman–Crippen LogP) is 4.02. The van der Waals surface area contributed by atoms with Crippen LogP contribution in [0.5, 0.6) is 0 Å². The second-order valence-electron chi connectivity index (χ2n) is 8.34. The third-order valence-corrected chi connectivity index (χ3v) is 5.79. The van der Waals surface area contributed by atoms with Crippen LogP contribution in [0.3, 0.4) is 0 Å². The van der Waals surface area contributed by atoms with Gasteiger partial charge in [0, 0.05) is 36.5 Å². The first-order chi connectivity index (χ1) is 15.5. The maximum absolute atomic E-state index is 12.7. The first kappa shape index (κ1) is 24.2. The van der Waals surface area contributed by atoms with Crippen molar-refractivity contribution >= 4 is 22.8 Å². The number of aliphatic hydroxyl groups excluding tert-OH is 1. The van der Waals surface area contributed by atoms with Gasteiger partial charge in [-0.25, -0.2) is 4.79 Å². The number of unbranched alkanes of at least 4 members (excludes halogenated alkanes) is 5. The van der Waals surface area contributed by atoms with Gasteiger partial charge in [0.25, 0.3) is 0 Å². The van der Waals surface area contributed by atoms with Crippen LogP contribution >= 0.6 is 0 Å². The van der Waals surface area contributed by atoms with Crippen LogP contribution in [0, 0.1) is 0 Å². The number of carbonyl (C=O) groups is 2. The van der Waals surface area contributed by atoms with E-state index in [4.69, 9.17) is 19.3 Å². The van der Waals surface area contributed by atoms with Crippen molar-refractivity contribution in [3.8, 4) is 0 Å². The molecule has 1 aromatic heterocycles. The summed E-state index contributed by atoms with van der Waals surface area (Å²) < 4.78 is 17.1. The molecular formula is C24H33NO7. The SMILES string of the molecule is CC1O[C@@H](OCCCCCCCCC(=O)O)C(O)C[C@H]1OC(=O)c1c[nH]c2ccccc12. The highest BCUT2D eigenvalue weighted by molar-refractivity contribution is 6.04. The lowest BCUT2D eigenvalue weighted by molar-refractivity contribution is -0.260. The van der Waals surface area contributed by atoms with Gasteiger partial charge in [0.2, 0.25) is 0 Å². The van der Waals surface area contributed by atoms with Crippen LogP contribution in [-0.2, 0) is 19.0 Å². The first-order valence-corrected chi connectivity index (χ1v) is 11.4. The number of esters is 1. The zero-order valence-corrected chi connectivity index (χ0v) is 18.5. The minimum atomic E-state index is -0.872. The van der Waals surface area contributed by atoms with E-state index >= 15 is 0 Å². The van der Waals surface area contributed by atoms with Gasteiger partial charge >= 0.3 is 11.9 Å². The van der Waals surface area contributed by atoms with Crippen LogP contribution in [0.4, 0.5) is 0 Å². The number of rotatable bonds is 12. The molecule has 32 heavy (non-hydrogen) atoms. The summed E-state index contributed by atoms with van der Waals surface area (Å²) in [6.45, 7) is 2.29. The third-order valence-electron chi connectivity index (χ3n) is 5.79. The molecule has 0 spiro atoms. The number of aromatic amines is 1. The molecule has 3 N–H and O–H groups in total. The van der Waals surface area contributed by atoms with Crippen molar-refractivity contribution in [2.45, 2.75) is 82.9 Å². The number of hydrogen-bond acceptors (Lipinski definition) is 6. The fraction of sp³-hybridized carbons (Fsp3) is 0.583. The van der Waals surface area contributed by atoms with Gasteiger partial charge < -0.3 is 29.4 Å². The van der Waals surface area contributed by atoms with Crippen molar-refractivity contribution in [1.82, 2.24) is 4.98 Å². The summed E-state index contributed by atoms with van der Waals surface area (Å²) in [7, 11) is 0. The Labute approximate surface area is 187 Å². The highest BCUT2D eigenvalue weighted by Gasteiger charge is 2.38. The van der Waals surface area contributed by atoms with Crippen molar-refractivity contribution in [2.75, 3.05) is 6.61 Å². The van der Waals surface area contributed by atoms with E-state index in [1.54, 1.807) is 6.20 Å². The molecule has 4 atom stereocenters. The van der Waals surface area contributed by atoms with Crippen LogP contribution in [0.2, 0.25) is 0 Å². The Morgan fingerprint density at radius 2 is 1.84 bits per heavy atom. The fourth-order valence-electron chi connectivity index (χ4n) is 3.95. The molecule has 1 aliphatic heterocycles. The van der Waals surface area contributed by atoms with Gasteiger partial charge in [0.15, 0.2) is 6.29 Å². The molecule has 0 amide bonds. The zero-order valence-electron chi connectivity index (χ0n) is 18.5. The highest BCUT2D eigenvalue weighted by Crippen LogP contribution is 2.26. The van der Waals surface area contributed by atoms with E-state index < -0.39 is 36.5 Å². The number of carbonyl (C=O) groups excluding carboxylic acids is 1. The molecule has 2 aromatic rings. The van der Waals surface area contributed by atoms with Gasteiger partial charge in [-0.05, 0) is 25.8 Å². The molecular weight excluding hydrogens is 414 g/mol. The summed E-state index contributed by atoms with van der Waals surface area (Å²) in [5, 5.41) is 19.8. The molecule has 8 heteroatoms. The monoisotopic (exact) mass is 447 g/mol. The lowest BCUT2D eigenvalue weighted by atomic mass is 10.0. The molecule has 1 fully saturated rings. The van der Waals surface area contributed by atoms with Crippen molar-refractivity contribution < 1.29 is 34.0 Å². The summed E-state index contributed by atoms with van der Waals surface area (Å²) in [6.07, 6.45) is 5.07. The maximum atomic E-state index is 12.7. The number of carboxylic acids is 1. The average molecular weight is 448 g/mol. The molecule has 2 unspecified atom stereocenters. The van der Waals surface area contributed by atoms with Crippen molar-refractivity contribution in [3.63, 3.8) is 0 Å². The van der Waals surface area contributed by atoms with E-state index in [9.17, 15) is 14.7 Å². The van der Waals surface area contributed by atoms with Gasteiger partial charge in [0.05, 0.1) is 11.7 Å². The Morgan fingerprint density at radius 1 is 1.12 bits per heavy atom. The largest absolute Gasteiger partial charge is 0.481 e. The van der Waals surface area contributed by atoms with E-state index in [1.807, 2.05) is 31.2 Å². The molecule has 2 heterocycles. The number of fused-ring (bicyclic) bond motifs is 1.